The third kappa shape index (κ3) is 5.83. The zero-order valence-electron chi connectivity index (χ0n) is 18.2. The number of primary amides is 1. The third-order valence-electron chi connectivity index (χ3n) is 5.42. The summed E-state index contributed by atoms with van der Waals surface area (Å²) in [5, 5.41) is 2.92. The van der Waals surface area contributed by atoms with Crippen LogP contribution in [0.3, 0.4) is 0 Å². The molecule has 0 atom stereocenters. The van der Waals surface area contributed by atoms with Crippen molar-refractivity contribution in [1.82, 2.24) is 9.79 Å². The fourth-order valence-corrected chi connectivity index (χ4v) is 3.72. The van der Waals surface area contributed by atoms with Crippen molar-refractivity contribution in [2.24, 2.45) is 5.73 Å². The smallest absolute Gasteiger partial charge is 0.398 e. The summed E-state index contributed by atoms with van der Waals surface area (Å²) in [6, 6.07) is 11.0. The molecule has 1 aromatic heterocycles. The van der Waals surface area contributed by atoms with Gasteiger partial charge in [-0.15, -0.1) is 0 Å². The summed E-state index contributed by atoms with van der Waals surface area (Å²) < 4.78 is 5.12. The van der Waals surface area contributed by atoms with E-state index in [0.717, 1.165) is 31.6 Å². The van der Waals surface area contributed by atoms with Gasteiger partial charge in [0.15, 0.2) is 0 Å². The summed E-state index contributed by atoms with van der Waals surface area (Å²) in [6.45, 7) is 5.88. The number of nitrogens with one attached hydrogen (secondary N) is 1. The fourth-order valence-electron chi connectivity index (χ4n) is 3.72. The van der Waals surface area contributed by atoms with Crippen LogP contribution in [-0.2, 0) is 4.65 Å². The van der Waals surface area contributed by atoms with Crippen LogP contribution in [0.1, 0.15) is 48.7 Å². The predicted molar refractivity (Wildman–Crippen MR) is 122 cm³/mol. The Morgan fingerprint density at radius 3 is 2.58 bits per heavy atom. The van der Waals surface area contributed by atoms with Crippen molar-refractivity contribution in [3.8, 4) is 0 Å². The molecule has 2 aromatic rings. The Morgan fingerprint density at radius 2 is 2.00 bits per heavy atom. The van der Waals surface area contributed by atoms with Gasteiger partial charge in [0.05, 0.1) is 11.9 Å². The van der Waals surface area contributed by atoms with Gasteiger partial charge in [0.2, 0.25) is 0 Å². The molecule has 1 saturated heterocycles. The Labute approximate surface area is 184 Å². The Bertz CT molecular complexity index is 898. The zero-order chi connectivity index (χ0) is 22.4. The molecular weight excluding hydrogens is 393 g/mol. The molecule has 9 heteroatoms. The lowest BCUT2D eigenvalue weighted by molar-refractivity contribution is 0.0995. The van der Waals surface area contributed by atoms with Crippen molar-refractivity contribution in [2.75, 3.05) is 30.4 Å². The van der Waals surface area contributed by atoms with Crippen LogP contribution in [0.5, 0.6) is 0 Å². The number of hydrogen-bond acceptors (Lipinski definition) is 5. The number of amides is 3. The molecule has 2 heterocycles. The standard InChI is InChI=1S/C22H29BN5O3/c1-15(2)16-5-4-6-19(13-16)28(18-9-11-27(12-10-18)23-31-3)22(30)26-17-7-8-20(21(24)29)25-14-17/h4-8,13-15,18H,9-12H2,1-3H3,(H2,24,29)(H,26,30). The van der Waals surface area contributed by atoms with Crippen molar-refractivity contribution in [3.63, 3.8) is 0 Å². The summed E-state index contributed by atoms with van der Waals surface area (Å²) in [4.78, 5) is 32.6. The molecule has 1 fully saturated rings. The van der Waals surface area contributed by atoms with Crippen LogP contribution >= 0.6 is 0 Å². The first kappa shape index (κ1) is 22.8. The molecule has 163 valence electrons. The molecule has 0 aliphatic carbocycles. The Kier molecular flexibility index (Phi) is 7.65. The fraction of sp³-hybridized carbons (Fsp3) is 0.409. The highest BCUT2D eigenvalue weighted by Gasteiger charge is 2.30. The molecule has 0 unspecified atom stereocenters. The van der Waals surface area contributed by atoms with E-state index in [1.165, 1.54) is 17.8 Å². The maximum atomic E-state index is 13.4. The lowest BCUT2D eigenvalue weighted by atomic mass is 9.97. The van der Waals surface area contributed by atoms with Crippen molar-refractivity contribution in [3.05, 3.63) is 53.9 Å². The normalized spacial score (nSPS) is 15.0. The number of rotatable bonds is 7. The number of piperidine rings is 1. The number of pyridine rings is 1. The Balaban J connectivity index is 1.83. The molecule has 0 saturated carbocycles. The van der Waals surface area contributed by atoms with Gasteiger partial charge in [-0.05, 0) is 61.7 Å². The van der Waals surface area contributed by atoms with Crippen LogP contribution < -0.4 is 16.0 Å². The van der Waals surface area contributed by atoms with Gasteiger partial charge >= 0.3 is 13.6 Å². The van der Waals surface area contributed by atoms with E-state index in [9.17, 15) is 9.59 Å². The number of anilines is 2. The van der Waals surface area contributed by atoms with Crippen molar-refractivity contribution in [1.29, 1.82) is 0 Å². The highest BCUT2D eigenvalue weighted by atomic mass is 16.4. The van der Waals surface area contributed by atoms with Crippen LogP contribution in [0.2, 0.25) is 0 Å². The third-order valence-corrected chi connectivity index (χ3v) is 5.42. The van der Waals surface area contributed by atoms with Crippen LogP contribution in [0.4, 0.5) is 16.2 Å². The average Bonchev–Trinajstić information content (AvgIpc) is 2.76. The number of nitrogens with zero attached hydrogens (tertiary/aromatic N) is 3. The maximum Gasteiger partial charge on any atom is 0.398 e. The minimum absolute atomic E-state index is 0.0433. The van der Waals surface area contributed by atoms with E-state index < -0.39 is 5.91 Å². The summed E-state index contributed by atoms with van der Waals surface area (Å²) in [7, 11) is 3.37. The summed E-state index contributed by atoms with van der Waals surface area (Å²) >= 11 is 0. The van der Waals surface area contributed by atoms with Crippen LogP contribution in [0.15, 0.2) is 42.6 Å². The second-order valence-electron chi connectivity index (χ2n) is 7.95. The van der Waals surface area contributed by atoms with Gasteiger partial charge in [-0.3, -0.25) is 9.69 Å². The molecule has 0 spiro atoms. The second kappa shape index (κ2) is 10.4. The quantitative estimate of drug-likeness (QED) is 0.669. The first-order valence-electron chi connectivity index (χ1n) is 10.4. The van der Waals surface area contributed by atoms with Gasteiger partial charge in [0.25, 0.3) is 5.91 Å². The van der Waals surface area contributed by atoms with Gasteiger partial charge in [-0.25, -0.2) is 9.78 Å². The molecule has 1 aliphatic heterocycles. The lowest BCUT2D eigenvalue weighted by Crippen LogP contribution is -2.50. The van der Waals surface area contributed by atoms with E-state index in [2.05, 4.69) is 41.1 Å². The molecule has 3 N–H and O–H groups in total. The molecule has 8 nitrogen and oxygen atoms in total. The molecule has 31 heavy (non-hydrogen) atoms. The van der Waals surface area contributed by atoms with E-state index in [0.29, 0.717) is 11.6 Å². The van der Waals surface area contributed by atoms with Crippen molar-refractivity contribution >= 4 is 30.9 Å². The SMILES string of the molecule is CO[B]N1CCC(N(C(=O)Nc2ccc(C(N)=O)nc2)c2cccc(C(C)C)c2)CC1. The van der Waals surface area contributed by atoms with Gasteiger partial charge < -0.3 is 20.5 Å². The van der Waals surface area contributed by atoms with Gasteiger partial charge in [-0.2, -0.15) is 0 Å². The Morgan fingerprint density at radius 1 is 1.26 bits per heavy atom. The maximum absolute atomic E-state index is 13.4. The van der Waals surface area contributed by atoms with Crippen LogP contribution in [0.25, 0.3) is 0 Å². The van der Waals surface area contributed by atoms with Crippen LogP contribution in [0, 0.1) is 0 Å². The van der Waals surface area contributed by atoms with E-state index in [1.54, 1.807) is 20.8 Å². The molecule has 3 rings (SSSR count). The van der Waals surface area contributed by atoms with E-state index >= 15 is 0 Å². The van der Waals surface area contributed by atoms with Gasteiger partial charge in [0.1, 0.15) is 5.69 Å². The van der Waals surface area contributed by atoms with E-state index in [-0.39, 0.29) is 17.8 Å². The first-order valence-corrected chi connectivity index (χ1v) is 10.4. The van der Waals surface area contributed by atoms with Crippen molar-refractivity contribution < 1.29 is 14.2 Å². The minimum Gasteiger partial charge on any atom is -0.427 e. The monoisotopic (exact) mass is 422 g/mol. The number of hydrogen-bond donors (Lipinski definition) is 2. The largest absolute Gasteiger partial charge is 0.427 e. The topological polar surface area (TPSA) is 101 Å². The number of aromatic nitrogens is 1. The zero-order valence-corrected chi connectivity index (χ0v) is 18.2. The minimum atomic E-state index is -0.607. The molecule has 0 bridgehead atoms. The first-order chi connectivity index (χ1) is 14.9. The molecule has 1 aromatic carbocycles. The number of carbonyl (C=O) groups is 2. The summed E-state index contributed by atoms with van der Waals surface area (Å²) in [5.74, 6) is -0.252. The Hall–Kier alpha value is -2.91. The number of urea groups is 1. The van der Waals surface area contributed by atoms with Gasteiger partial charge in [0, 0.05) is 18.8 Å². The number of carbonyl (C=O) groups excluding carboxylic acids is 2. The second-order valence-corrected chi connectivity index (χ2v) is 7.95. The molecular formula is C22H29BN5O3. The summed E-state index contributed by atoms with van der Waals surface area (Å²) in [5.41, 5.74) is 7.94. The highest BCUT2D eigenvalue weighted by molar-refractivity contribution is 6.23. The highest BCUT2D eigenvalue weighted by Crippen LogP contribution is 2.28. The predicted octanol–water partition coefficient (Wildman–Crippen LogP) is 2.99. The summed E-state index contributed by atoms with van der Waals surface area (Å²) in [6.07, 6.45) is 3.08. The average molecular weight is 422 g/mol. The van der Waals surface area contributed by atoms with Crippen LogP contribution in [-0.4, -0.2) is 55.6 Å². The van der Waals surface area contributed by atoms with E-state index in [4.69, 9.17) is 10.4 Å². The number of nitrogens with two attached hydrogens (primary N) is 1. The molecule has 1 aliphatic rings. The number of benzene rings is 1. The van der Waals surface area contributed by atoms with E-state index in [1.807, 2.05) is 17.0 Å². The molecule has 1 radical (unpaired) electrons. The lowest BCUT2D eigenvalue weighted by Gasteiger charge is -2.38. The van der Waals surface area contributed by atoms with Crippen molar-refractivity contribution in [2.45, 2.75) is 38.6 Å². The molecule has 3 amide bonds. The van der Waals surface area contributed by atoms with Gasteiger partial charge in [-0.1, -0.05) is 26.0 Å².